The van der Waals surface area contributed by atoms with Crippen molar-refractivity contribution in [3.05, 3.63) is 0 Å². The van der Waals surface area contributed by atoms with Gasteiger partial charge >= 0.3 is 12.1 Å². The second kappa shape index (κ2) is 3.07. The molecule has 0 aromatic carbocycles. The Labute approximate surface area is 77.4 Å². The molecule has 7 heteroatoms. The average Bonchev–Trinajstić information content (AvgIpc) is 2.28. The first-order valence-corrected chi connectivity index (χ1v) is 3.79. The zero-order valence-electron chi connectivity index (χ0n) is 7.42. The van der Waals surface area contributed by atoms with E-state index in [2.05, 4.69) is 5.10 Å². The zero-order valence-corrected chi connectivity index (χ0v) is 7.42. The van der Waals surface area contributed by atoms with E-state index in [0.29, 0.717) is 5.01 Å². The molecule has 1 amide bonds. The van der Waals surface area contributed by atoms with Crippen LogP contribution in [0.2, 0.25) is 0 Å². The van der Waals surface area contributed by atoms with Crippen LogP contribution in [0.25, 0.3) is 0 Å². The molecule has 0 N–H and O–H groups in total. The maximum Gasteiger partial charge on any atom is 0.439 e. The van der Waals surface area contributed by atoms with E-state index in [-0.39, 0.29) is 0 Å². The lowest BCUT2D eigenvalue weighted by Gasteiger charge is -2.14. The van der Waals surface area contributed by atoms with E-state index in [1.807, 2.05) is 0 Å². The van der Waals surface area contributed by atoms with Crippen molar-refractivity contribution in [3.8, 4) is 0 Å². The largest absolute Gasteiger partial charge is 0.439 e. The van der Waals surface area contributed by atoms with E-state index in [1.165, 1.54) is 13.8 Å². The predicted octanol–water partition coefficient (Wildman–Crippen LogP) is 0.724. The number of hydrazone groups is 1. The van der Waals surface area contributed by atoms with Gasteiger partial charge in [-0.05, 0) is 13.8 Å². The monoisotopic (exact) mass is 208 g/mol. The number of halogens is 3. The number of alkyl halides is 3. The minimum absolute atomic E-state index is 0.533. The van der Waals surface area contributed by atoms with Gasteiger partial charge in [0.05, 0.1) is 6.04 Å². The van der Waals surface area contributed by atoms with Crippen LogP contribution in [-0.2, 0) is 9.59 Å². The molecule has 0 atom stereocenters. The van der Waals surface area contributed by atoms with Gasteiger partial charge in [0.2, 0.25) is 5.71 Å². The smallest absolute Gasteiger partial charge is 0.281 e. The Morgan fingerprint density at radius 3 is 2.00 bits per heavy atom. The number of Topliss-reactive ketones (excluding diaryl/α,β-unsaturated/α-hetero) is 1. The highest BCUT2D eigenvalue weighted by atomic mass is 19.4. The SMILES string of the molecule is CC(C)N1N=C(C(F)(F)F)C(=O)C1=O. The zero-order chi connectivity index (χ0) is 11.1. The fourth-order valence-corrected chi connectivity index (χ4v) is 0.939. The molecule has 0 unspecified atom stereocenters. The van der Waals surface area contributed by atoms with Crippen LogP contribution in [0.5, 0.6) is 0 Å². The van der Waals surface area contributed by atoms with E-state index >= 15 is 0 Å². The Hall–Kier alpha value is -1.40. The van der Waals surface area contributed by atoms with Gasteiger partial charge in [0.15, 0.2) is 0 Å². The summed E-state index contributed by atoms with van der Waals surface area (Å²) in [6, 6.07) is -0.564. The van der Waals surface area contributed by atoms with Crippen molar-refractivity contribution in [1.82, 2.24) is 5.01 Å². The molecule has 1 heterocycles. The molecular weight excluding hydrogens is 201 g/mol. The van der Waals surface area contributed by atoms with Crippen LogP contribution < -0.4 is 0 Å². The number of rotatable bonds is 1. The summed E-state index contributed by atoms with van der Waals surface area (Å²) in [5, 5.41) is 3.48. The molecule has 0 bridgehead atoms. The number of amides is 1. The van der Waals surface area contributed by atoms with Gasteiger partial charge in [-0.3, -0.25) is 9.59 Å². The highest BCUT2D eigenvalue weighted by Crippen LogP contribution is 2.23. The summed E-state index contributed by atoms with van der Waals surface area (Å²) in [5.41, 5.74) is -1.64. The van der Waals surface area contributed by atoms with E-state index in [9.17, 15) is 22.8 Å². The first kappa shape index (κ1) is 10.7. The summed E-state index contributed by atoms with van der Waals surface area (Å²) in [6.45, 7) is 2.93. The Kier molecular flexibility index (Phi) is 2.34. The lowest BCUT2D eigenvalue weighted by atomic mass is 10.2. The molecule has 0 spiro atoms. The normalized spacial score (nSPS) is 18.1. The molecule has 0 aromatic heterocycles. The van der Waals surface area contributed by atoms with Gasteiger partial charge < -0.3 is 0 Å². The Bertz CT molecular complexity index is 319. The number of carbonyl (C=O) groups is 2. The van der Waals surface area contributed by atoms with Crippen LogP contribution >= 0.6 is 0 Å². The number of hydrogen-bond donors (Lipinski definition) is 0. The van der Waals surface area contributed by atoms with Gasteiger partial charge in [0.1, 0.15) is 0 Å². The third-order valence-corrected chi connectivity index (χ3v) is 1.58. The number of hydrogen-bond acceptors (Lipinski definition) is 3. The van der Waals surface area contributed by atoms with Gasteiger partial charge in [-0.1, -0.05) is 0 Å². The third-order valence-electron chi connectivity index (χ3n) is 1.58. The van der Waals surface area contributed by atoms with Crippen LogP contribution in [0.4, 0.5) is 13.2 Å². The number of carbonyl (C=O) groups excluding carboxylic acids is 2. The molecular formula is C7H7F3N2O2. The highest BCUT2D eigenvalue weighted by molar-refractivity contribution is 6.67. The Balaban J connectivity index is 3.06. The van der Waals surface area contributed by atoms with Gasteiger partial charge in [-0.15, -0.1) is 0 Å². The van der Waals surface area contributed by atoms with Crippen molar-refractivity contribution in [2.75, 3.05) is 0 Å². The Morgan fingerprint density at radius 1 is 1.29 bits per heavy atom. The lowest BCUT2D eigenvalue weighted by molar-refractivity contribution is -0.141. The Morgan fingerprint density at radius 2 is 1.79 bits per heavy atom. The summed E-state index contributed by atoms with van der Waals surface area (Å²) in [4.78, 5) is 21.8. The maximum atomic E-state index is 12.1. The van der Waals surface area contributed by atoms with Crippen LogP contribution in [-0.4, -0.2) is 34.6 Å². The molecule has 1 aliphatic rings. The molecule has 4 nitrogen and oxygen atoms in total. The van der Waals surface area contributed by atoms with Gasteiger partial charge in [0.25, 0.3) is 5.78 Å². The van der Waals surface area contributed by atoms with E-state index in [1.54, 1.807) is 0 Å². The van der Waals surface area contributed by atoms with E-state index < -0.39 is 29.6 Å². The van der Waals surface area contributed by atoms with Crippen molar-refractivity contribution < 1.29 is 22.8 Å². The minimum atomic E-state index is -4.86. The molecule has 0 fully saturated rings. The molecule has 0 aliphatic carbocycles. The summed E-state index contributed by atoms with van der Waals surface area (Å²) >= 11 is 0. The van der Waals surface area contributed by atoms with Crippen molar-refractivity contribution in [2.24, 2.45) is 5.10 Å². The van der Waals surface area contributed by atoms with E-state index in [0.717, 1.165) is 0 Å². The summed E-state index contributed by atoms with van der Waals surface area (Å²) in [6.07, 6.45) is -4.86. The van der Waals surface area contributed by atoms with Gasteiger partial charge in [0, 0.05) is 0 Å². The van der Waals surface area contributed by atoms with E-state index in [4.69, 9.17) is 0 Å². The maximum absolute atomic E-state index is 12.1. The van der Waals surface area contributed by atoms with Crippen molar-refractivity contribution in [1.29, 1.82) is 0 Å². The van der Waals surface area contributed by atoms with Crippen LogP contribution in [0.3, 0.4) is 0 Å². The van der Waals surface area contributed by atoms with Crippen LogP contribution in [0, 0.1) is 0 Å². The second-order valence-corrected chi connectivity index (χ2v) is 3.02. The van der Waals surface area contributed by atoms with Gasteiger partial charge in [-0.2, -0.15) is 18.3 Å². The first-order valence-electron chi connectivity index (χ1n) is 3.79. The minimum Gasteiger partial charge on any atom is -0.281 e. The fourth-order valence-electron chi connectivity index (χ4n) is 0.939. The van der Waals surface area contributed by atoms with Crippen LogP contribution in [0.1, 0.15) is 13.8 Å². The highest BCUT2D eigenvalue weighted by Gasteiger charge is 2.49. The third kappa shape index (κ3) is 1.61. The van der Waals surface area contributed by atoms with Crippen molar-refractivity contribution in [2.45, 2.75) is 26.1 Å². The summed E-state index contributed by atoms with van der Waals surface area (Å²) < 4.78 is 36.3. The van der Waals surface area contributed by atoms with Crippen molar-refractivity contribution in [3.63, 3.8) is 0 Å². The summed E-state index contributed by atoms with van der Waals surface area (Å²) in [5.74, 6) is -2.82. The molecule has 1 rings (SSSR count). The molecule has 0 aromatic rings. The molecule has 0 saturated heterocycles. The quantitative estimate of drug-likeness (QED) is 0.596. The lowest BCUT2D eigenvalue weighted by Crippen LogP contribution is -2.35. The molecule has 0 saturated carbocycles. The van der Waals surface area contributed by atoms with Gasteiger partial charge in [-0.25, -0.2) is 5.01 Å². The average molecular weight is 208 g/mol. The number of nitrogens with zero attached hydrogens (tertiary/aromatic N) is 2. The van der Waals surface area contributed by atoms with Crippen molar-refractivity contribution >= 4 is 17.4 Å². The predicted molar refractivity (Wildman–Crippen MR) is 40.5 cm³/mol. The molecule has 1 aliphatic heterocycles. The molecule has 14 heavy (non-hydrogen) atoms. The summed E-state index contributed by atoms with van der Waals surface area (Å²) in [7, 11) is 0. The fraction of sp³-hybridized carbons (Fsp3) is 0.571. The molecule has 0 radical (unpaired) electrons. The topological polar surface area (TPSA) is 49.7 Å². The first-order chi connectivity index (χ1) is 6.25. The second-order valence-electron chi connectivity index (χ2n) is 3.02. The number of ketones is 1. The molecule has 78 valence electrons. The standard InChI is InChI=1S/C7H7F3N2O2/c1-3(2)12-6(14)4(13)5(11-12)7(8,9)10/h3H,1-2H3. The van der Waals surface area contributed by atoms with Crippen LogP contribution in [0.15, 0.2) is 5.10 Å².